The lowest BCUT2D eigenvalue weighted by Gasteiger charge is -2.09. The van der Waals surface area contributed by atoms with Crippen LogP contribution in [0, 0.1) is 0 Å². The van der Waals surface area contributed by atoms with Crippen molar-refractivity contribution in [3.05, 3.63) is 83.9 Å². The second-order valence-electron chi connectivity index (χ2n) is 6.50. The Morgan fingerprint density at radius 3 is 2.74 bits per heavy atom. The summed E-state index contributed by atoms with van der Waals surface area (Å²) in [4.78, 5) is 4.69. The number of nitrogens with zero attached hydrogens (tertiary/aromatic N) is 2. The summed E-state index contributed by atoms with van der Waals surface area (Å²) in [6.07, 6.45) is 1.74. The van der Waals surface area contributed by atoms with Gasteiger partial charge in [-0.05, 0) is 60.2 Å². The van der Waals surface area contributed by atoms with Crippen LogP contribution in [0.5, 0.6) is 5.75 Å². The molecule has 8 heteroatoms. The van der Waals surface area contributed by atoms with Crippen molar-refractivity contribution in [3.63, 3.8) is 0 Å². The van der Waals surface area contributed by atoms with Gasteiger partial charge in [0.1, 0.15) is 5.75 Å². The number of anilines is 1. The molecular formula is C23H20N4OS3. The van der Waals surface area contributed by atoms with E-state index in [1.54, 1.807) is 36.4 Å². The smallest absolute Gasteiger partial charge is 0.191 e. The number of thiocarbonyl (C=S) groups is 1. The number of rotatable bonds is 7. The molecule has 0 unspecified atom stereocenters. The van der Waals surface area contributed by atoms with Crippen LogP contribution in [-0.4, -0.2) is 23.4 Å². The van der Waals surface area contributed by atoms with Crippen molar-refractivity contribution >= 4 is 62.5 Å². The fourth-order valence-electron chi connectivity index (χ4n) is 2.89. The van der Waals surface area contributed by atoms with Gasteiger partial charge in [0.2, 0.25) is 0 Å². The molecule has 156 valence electrons. The SMILES string of the molecule is COc1ccc(/C=N/NC(=S)Nc2ccccc2)cc1CSc1nc2ccccc2s1. The van der Waals surface area contributed by atoms with Crippen molar-refractivity contribution in [2.24, 2.45) is 5.10 Å². The summed E-state index contributed by atoms with van der Waals surface area (Å²) in [7, 11) is 1.68. The van der Waals surface area contributed by atoms with Crippen LogP contribution < -0.4 is 15.5 Å². The van der Waals surface area contributed by atoms with Gasteiger partial charge >= 0.3 is 0 Å². The van der Waals surface area contributed by atoms with Crippen LogP contribution in [0.25, 0.3) is 10.2 Å². The molecule has 5 nitrogen and oxygen atoms in total. The number of para-hydroxylation sites is 2. The van der Waals surface area contributed by atoms with Gasteiger partial charge in [0.15, 0.2) is 9.45 Å². The number of aromatic nitrogens is 1. The first-order chi connectivity index (χ1) is 15.2. The Morgan fingerprint density at radius 1 is 1.13 bits per heavy atom. The van der Waals surface area contributed by atoms with Gasteiger partial charge in [-0.15, -0.1) is 11.3 Å². The first kappa shape index (κ1) is 21.3. The summed E-state index contributed by atoms with van der Waals surface area (Å²) in [5.41, 5.74) is 6.83. The monoisotopic (exact) mass is 464 g/mol. The number of benzene rings is 3. The van der Waals surface area contributed by atoms with Crippen molar-refractivity contribution in [2.45, 2.75) is 10.1 Å². The van der Waals surface area contributed by atoms with Crippen LogP contribution in [0.4, 0.5) is 5.69 Å². The van der Waals surface area contributed by atoms with Crippen LogP contribution in [0.15, 0.2) is 82.2 Å². The number of hydrogen-bond donors (Lipinski definition) is 2. The minimum atomic E-state index is 0.433. The van der Waals surface area contributed by atoms with E-state index in [0.717, 1.165) is 38.2 Å². The topological polar surface area (TPSA) is 58.5 Å². The molecule has 4 rings (SSSR count). The number of hydrazone groups is 1. The second-order valence-corrected chi connectivity index (χ2v) is 9.16. The summed E-state index contributed by atoms with van der Waals surface area (Å²) >= 11 is 8.68. The molecule has 31 heavy (non-hydrogen) atoms. The summed E-state index contributed by atoms with van der Waals surface area (Å²) in [6, 6.07) is 23.9. The molecule has 0 aliphatic rings. The van der Waals surface area contributed by atoms with Crippen molar-refractivity contribution in [3.8, 4) is 5.75 Å². The Kier molecular flexibility index (Phi) is 7.14. The molecule has 0 atom stereocenters. The van der Waals surface area contributed by atoms with Gasteiger partial charge in [-0.3, -0.25) is 5.43 Å². The van der Waals surface area contributed by atoms with Gasteiger partial charge < -0.3 is 10.1 Å². The van der Waals surface area contributed by atoms with E-state index in [-0.39, 0.29) is 0 Å². The van der Waals surface area contributed by atoms with Crippen LogP contribution >= 0.6 is 35.3 Å². The van der Waals surface area contributed by atoms with Gasteiger partial charge in [0.05, 0.1) is 23.5 Å². The van der Waals surface area contributed by atoms with E-state index in [9.17, 15) is 0 Å². The van der Waals surface area contributed by atoms with E-state index in [1.807, 2.05) is 60.7 Å². The summed E-state index contributed by atoms with van der Waals surface area (Å²) in [5, 5.41) is 7.76. The highest BCUT2D eigenvalue weighted by Crippen LogP contribution is 2.33. The Bertz CT molecular complexity index is 1170. The number of hydrogen-bond acceptors (Lipinski definition) is 6. The highest BCUT2D eigenvalue weighted by Gasteiger charge is 2.08. The molecule has 2 N–H and O–H groups in total. The second kappa shape index (κ2) is 10.4. The lowest BCUT2D eigenvalue weighted by atomic mass is 10.1. The van der Waals surface area contributed by atoms with Gasteiger partial charge in [0, 0.05) is 17.0 Å². The van der Waals surface area contributed by atoms with Gasteiger partial charge in [-0.2, -0.15) is 5.10 Å². The molecule has 0 fully saturated rings. The average molecular weight is 465 g/mol. The number of thiazole rings is 1. The van der Waals surface area contributed by atoms with Crippen LogP contribution in [-0.2, 0) is 5.75 Å². The fourth-order valence-corrected chi connectivity index (χ4v) is 5.11. The highest BCUT2D eigenvalue weighted by molar-refractivity contribution is 8.00. The van der Waals surface area contributed by atoms with Crippen molar-refractivity contribution in [1.82, 2.24) is 10.4 Å². The average Bonchev–Trinajstić information content (AvgIpc) is 3.21. The van der Waals surface area contributed by atoms with Gasteiger partial charge in [0.25, 0.3) is 0 Å². The molecule has 0 amide bonds. The first-order valence-electron chi connectivity index (χ1n) is 9.51. The van der Waals surface area contributed by atoms with Crippen molar-refractivity contribution in [1.29, 1.82) is 0 Å². The zero-order valence-electron chi connectivity index (χ0n) is 16.7. The van der Waals surface area contributed by atoms with E-state index in [4.69, 9.17) is 21.9 Å². The maximum absolute atomic E-state index is 5.54. The summed E-state index contributed by atoms with van der Waals surface area (Å²) in [6.45, 7) is 0. The molecule has 0 spiro atoms. The number of nitrogens with one attached hydrogen (secondary N) is 2. The number of fused-ring (bicyclic) bond motifs is 1. The normalized spacial score (nSPS) is 11.0. The van der Waals surface area contributed by atoms with E-state index in [2.05, 4.69) is 28.0 Å². The van der Waals surface area contributed by atoms with Crippen LogP contribution in [0.2, 0.25) is 0 Å². The summed E-state index contributed by atoms with van der Waals surface area (Å²) in [5.74, 6) is 1.60. The Morgan fingerprint density at radius 2 is 1.94 bits per heavy atom. The molecule has 0 saturated carbocycles. The van der Waals surface area contributed by atoms with E-state index < -0.39 is 0 Å². The molecule has 0 radical (unpaired) electrons. The third kappa shape index (κ3) is 5.81. The summed E-state index contributed by atoms with van der Waals surface area (Å²) < 4.78 is 7.78. The largest absolute Gasteiger partial charge is 0.496 e. The molecule has 1 aromatic heterocycles. The molecule has 4 aromatic rings. The van der Waals surface area contributed by atoms with Crippen LogP contribution in [0.1, 0.15) is 11.1 Å². The van der Waals surface area contributed by atoms with Crippen molar-refractivity contribution in [2.75, 3.05) is 12.4 Å². The maximum Gasteiger partial charge on any atom is 0.191 e. The number of methoxy groups -OCH3 is 1. The first-order valence-corrected chi connectivity index (χ1v) is 11.7. The Balaban J connectivity index is 1.39. The highest BCUT2D eigenvalue weighted by atomic mass is 32.2. The quantitative estimate of drug-likeness (QED) is 0.153. The van der Waals surface area contributed by atoms with Crippen molar-refractivity contribution < 1.29 is 4.74 Å². The predicted molar refractivity (Wildman–Crippen MR) is 136 cm³/mol. The lowest BCUT2D eigenvalue weighted by molar-refractivity contribution is 0.411. The fraction of sp³-hybridized carbons (Fsp3) is 0.0870. The zero-order chi connectivity index (χ0) is 21.5. The molecule has 0 aliphatic carbocycles. The minimum absolute atomic E-state index is 0.433. The lowest BCUT2D eigenvalue weighted by Crippen LogP contribution is -2.23. The van der Waals surface area contributed by atoms with E-state index >= 15 is 0 Å². The maximum atomic E-state index is 5.54. The zero-order valence-corrected chi connectivity index (χ0v) is 19.2. The number of ether oxygens (including phenoxy) is 1. The standard InChI is InChI=1S/C23H20N4OS3/c1-28-20-12-11-16(14-24-27-22(29)25-18-7-3-2-4-8-18)13-17(20)15-30-23-26-19-9-5-6-10-21(19)31-23/h2-14H,15H2,1H3,(H2,25,27,29)/b24-14+. The third-order valence-corrected chi connectivity index (χ3v) is 6.76. The molecule has 0 aliphatic heterocycles. The number of thioether (sulfide) groups is 1. The molecule has 1 heterocycles. The molecular weight excluding hydrogens is 444 g/mol. The predicted octanol–water partition coefficient (Wildman–Crippen LogP) is 5.92. The van der Waals surface area contributed by atoms with E-state index in [0.29, 0.717) is 5.11 Å². The molecule has 3 aromatic carbocycles. The van der Waals surface area contributed by atoms with Gasteiger partial charge in [-0.1, -0.05) is 42.1 Å². The Labute approximate surface area is 194 Å². The van der Waals surface area contributed by atoms with Crippen LogP contribution in [0.3, 0.4) is 0 Å². The molecule has 0 bridgehead atoms. The Hall–Kier alpha value is -2.94. The minimum Gasteiger partial charge on any atom is -0.496 e. The third-order valence-electron chi connectivity index (χ3n) is 4.34. The molecule has 0 saturated heterocycles. The van der Waals surface area contributed by atoms with Gasteiger partial charge in [-0.25, -0.2) is 4.98 Å². The van der Waals surface area contributed by atoms with E-state index in [1.165, 1.54) is 4.70 Å².